The van der Waals surface area contributed by atoms with E-state index in [1.807, 2.05) is 23.3 Å². The van der Waals surface area contributed by atoms with Gasteiger partial charge in [-0.15, -0.1) is 0 Å². The molecule has 0 radical (unpaired) electrons. The van der Waals surface area contributed by atoms with Gasteiger partial charge in [-0.25, -0.2) is 0 Å². The van der Waals surface area contributed by atoms with E-state index in [2.05, 4.69) is 19.1 Å². The maximum atomic E-state index is 12.1. The third-order valence-electron chi connectivity index (χ3n) is 3.06. The van der Waals surface area contributed by atoms with Gasteiger partial charge < -0.3 is 4.90 Å². The number of carbonyl (C=O) groups excluding carboxylic acids is 1. The number of fused-ring (bicyclic) bond motifs is 1. The number of nitrogens with zero attached hydrogens (tertiary/aromatic N) is 1. The number of benzene rings is 1. The van der Waals surface area contributed by atoms with Crippen molar-refractivity contribution in [3.05, 3.63) is 29.8 Å². The molecule has 0 fully saturated rings. The molecule has 1 heterocycles. The van der Waals surface area contributed by atoms with Crippen LogP contribution in [0.4, 0.5) is 5.69 Å². The molecule has 16 heavy (non-hydrogen) atoms. The van der Waals surface area contributed by atoms with E-state index in [1.165, 1.54) is 5.56 Å². The number of aryl methyl sites for hydroxylation is 1. The second kappa shape index (κ2) is 4.91. The number of hydrogen-bond acceptors (Lipinski definition) is 2. The first-order valence-electron chi connectivity index (χ1n) is 5.63. The van der Waals surface area contributed by atoms with E-state index >= 15 is 0 Å². The van der Waals surface area contributed by atoms with Gasteiger partial charge in [0.2, 0.25) is 5.91 Å². The highest BCUT2D eigenvalue weighted by Gasteiger charge is 2.27. The van der Waals surface area contributed by atoms with Crippen LogP contribution in [0.15, 0.2) is 24.3 Å². The fourth-order valence-corrected chi connectivity index (χ4v) is 2.65. The van der Waals surface area contributed by atoms with Crippen LogP contribution in [0, 0.1) is 0 Å². The minimum Gasteiger partial charge on any atom is -0.309 e. The van der Waals surface area contributed by atoms with E-state index in [0.717, 1.165) is 18.5 Å². The number of amides is 1. The quantitative estimate of drug-likeness (QED) is 0.785. The van der Waals surface area contributed by atoms with Crippen molar-refractivity contribution in [2.75, 3.05) is 16.9 Å². The maximum Gasteiger partial charge on any atom is 0.237 e. The number of para-hydroxylation sites is 1. The Hall–Kier alpha value is -0.960. The monoisotopic (exact) mass is 235 g/mol. The van der Waals surface area contributed by atoms with Gasteiger partial charge in [0.05, 0.1) is 5.75 Å². The van der Waals surface area contributed by atoms with Crippen molar-refractivity contribution in [1.82, 2.24) is 0 Å². The largest absolute Gasteiger partial charge is 0.309 e. The maximum absolute atomic E-state index is 12.1. The minimum absolute atomic E-state index is 0.229. The average Bonchev–Trinajstić information content (AvgIpc) is 2.29. The zero-order valence-corrected chi connectivity index (χ0v) is 10.6. The highest BCUT2D eigenvalue weighted by Crippen LogP contribution is 2.30. The molecule has 1 atom stereocenters. The van der Waals surface area contributed by atoms with Gasteiger partial charge in [0.15, 0.2) is 0 Å². The van der Waals surface area contributed by atoms with Gasteiger partial charge in [0, 0.05) is 11.7 Å². The summed E-state index contributed by atoms with van der Waals surface area (Å²) in [7, 11) is 0. The molecular weight excluding hydrogens is 218 g/mol. The van der Waals surface area contributed by atoms with E-state index in [-0.39, 0.29) is 5.91 Å². The van der Waals surface area contributed by atoms with E-state index in [1.54, 1.807) is 11.8 Å². The lowest BCUT2D eigenvalue weighted by molar-refractivity contribution is -0.116. The van der Waals surface area contributed by atoms with Crippen molar-refractivity contribution in [1.29, 1.82) is 0 Å². The first-order valence-corrected chi connectivity index (χ1v) is 7.02. The summed E-state index contributed by atoms with van der Waals surface area (Å²) in [6.45, 7) is 2.13. The molecule has 0 aliphatic carbocycles. The standard InChI is InChI=1S/C13H17NOS/c1-10-7-8-11-5-3-4-6-12(11)14(10)13(15)9-16-2/h3-6,10H,7-9H2,1-2H3. The van der Waals surface area contributed by atoms with Crippen molar-refractivity contribution in [2.45, 2.75) is 25.8 Å². The van der Waals surface area contributed by atoms with E-state index in [0.29, 0.717) is 11.8 Å². The third-order valence-corrected chi connectivity index (χ3v) is 3.60. The van der Waals surface area contributed by atoms with Crippen LogP contribution >= 0.6 is 11.8 Å². The molecule has 0 aromatic heterocycles. The average molecular weight is 235 g/mol. The highest BCUT2D eigenvalue weighted by atomic mass is 32.2. The van der Waals surface area contributed by atoms with Gasteiger partial charge in [-0.3, -0.25) is 4.79 Å². The topological polar surface area (TPSA) is 20.3 Å². The first kappa shape index (κ1) is 11.5. The molecule has 0 saturated heterocycles. The molecule has 2 rings (SSSR count). The summed E-state index contributed by atoms with van der Waals surface area (Å²) >= 11 is 1.59. The summed E-state index contributed by atoms with van der Waals surface area (Å²) in [6.07, 6.45) is 4.12. The third kappa shape index (κ3) is 2.09. The molecule has 86 valence electrons. The molecule has 1 aromatic carbocycles. The Balaban J connectivity index is 2.33. The summed E-state index contributed by atoms with van der Waals surface area (Å²) in [4.78, 5) is 14.0. The summed E-state index contributed by atoms with van der Waals surface area (Å²) in [6, 6.07) is 8.57. The minimum atomic E-state index is 0.229. The fraction of sp³-hybridized carbons (Fsp3) is 0.462. The SMILES string of the molecule is CSCC(=O)N1c2ccccc2CCC1C. The molecular formula is C13H17NOS. The number of anilines is 1. The van der Waals surface area contributed by atoms with Crippen molar-refractivity contribution in [2.24, 2.45) is 0 Å². The van der Waals surface area contributed by atoms with Crippen molar-refractivity contribution in [3.63, 3.8) is 0 Å². The molecule has 3 heteroatoms. The zero-order chi connectivity index (χ0) is 11.5. The number of carbonyl (C=O) groups is 1. The van der Waals surface area contributed by atoms with E-state index in [4.69, 9.17) is 0 Å². The van der Waals surface area contributed by atoms with E-state index < -0.39 is 0 Å². The lowest BCUT2D eigenvalue weighted by Crippen LogP contribution is -2.43. The Morgan fingerprint density at radius 2 is 2.25 bits per heavy atom. The zero-order valence-electron chi connectivity index (χ0n) is 9.77. The van der Waals surface area contributed by atoms with Crippen LogP contribution in [-0.2, 0) is 11.2 Å². The summed E-state index contributed by atoms with van der Waals surface area (Å²) in [5.74, 6) is 0.797. The molecule has 1 unspecified atom stereocenters. The van der Waals surface area contributed by atoms with Crippen LogP contribution in [0.25, 0.3) is 0 Å². The summed E-state index contributed by atoms with van der Waals surface area (Å²) in [5, 5.41) is 0. The second-order valence-corrected chi connectivity index (χ2v) is 5.08. The van der Waals surface area contributed by atoms with E-state index in [9.17, 15) is 4.79 Å². The van der Waals surface area contributed by atoms with Crippen LogP contribution in [0.3, 0.4) is 0 Å². The van der Waals surface area contributed by atoms with Gasteiger partial charge in [-0.2, -0.15) is 11.8 Å². The second-order valence-electron chi connectivity index (χ2n) is 4.21. The molecule has 0 N–H and O–H groups in total. The summed E-state index contributed by atoms with van der Waals surface area (Å²) < 4.78 is 0. The molecule has 0 spiro atoms. The predicted octanol–water partition coefficient (Wildman–Crippen LogP) is 2.72. The Bertz CT molecular complexity index is 391. The van der Waals surface area contributed by atoms with Crippen LogP contribution in [0.2, 0.25) is 0 Å². The van der Waals surface area contributed by atoms with Gasteiger partial charge in [-0.05, 0) is 37.7 Å². The Morgan fingerprint density at radius 3 is 3.00 bits per heavy atom. The highest BCUT2D eigenvalue weighted by molar-refractivity contribution is 7.99. The van der Waals surface area contributed by atoms with Gasteiger partial charge in [0.25, 0.3) is 0 Å². The molecule has 1 amide bonds. The van der Waals surface area contributed by atoms with Crippen molar-refractivity contribution in [3.8, 4) is 0 Å². The smallest absolute Gasteiger partial charge is 0.237 e. The molecule has 1 aliphatic rings. The van der Waals surface area contributed by atoms with Crippen LogP contribution < -0.4 is 4.90 Å². The van der Waals surface area contributed by atoms with Crippen LogP contribution in [0.1, 0.15) is 18.9 Å². The Labute approximate surface area is 101 Å². The molecule has 1 aliphatic heterocycles. The molecule has 0 bridgehead atoms. The van der Waals surface area contributed by atoms with Gasteiger partial charge >= 0.3 is 0 Å². The van der Waals surface area contributed by atoms with Gasteiger partial charge in [0.1, 0.15) is 0 Å². The first-order chi connectivity index (χ1) is 7.74. The summed E-state index contributed by atoms with van der Waals surface area (Å²) in [5.41, 5.74) is 2.41. The van der Waals surface area contributed by atoms with Crippen LogP contribution in [-0.4, -0.2) is 24.0 Å². The molecule has 2 nitrogen and oxygen atoms in total. The normalized spacial score (nSPS) is 19.4. The lowest BCUT2D eigenvalue weighted by Gasteiger charge is -2.35. The van der Waals surface area contributed by atoms with Crippen molar-refractivity contribution >= 4 is 23.4 Å². The Kier molecular flexibility index (Phi) is 3.54. The van der Waals surface area contributed by atoms with Gasteiger partial charge in [-0.1, -0.05) is 18.2 Å². The Morgan fingerprint density at radius 1 is 1.50 bits per heavy atom. The number of thioether (sulfide) groups is 1. The van der Waals surface area contributed by atoms with Crippen LogP contribution in [0.5, 0.6) is 0 Å². The predicted molar refractivity (Wildman–Crippen MR) is 70.1 cm³/mol. The molecule has 0 saturated carbocycles. The molecule has 1 aromatic rings. The lowest BCUT2D eigenvalue weighted by atomic mass is 9.97. The fourth-order valence-electron chi connectivity index (χ4n) is 2.26. The van der Waals surface area contributed by atoms with Crippen molar-refractivity contribution < 1.29 is 4.79 Å². The number of rotatable bonds is 2. The number of hydrogen-bond donors (Lipinski definition) is 0.